The lowest BCUT2D eigenvalue weighted by molar-refractivity contribution is -0.122. The molecule has 0 bridgehead atoms. The molecule has 2 rings (SSSR count). The molecule has 156 valence electrons. The maximum Gasteiger partial charge on any atom is 0.220 e. The van der Waals surface area contributed by atoms with Crippen LogP contribution in [0.4, 0.5) is 5.82 Å². The standard InChI is InChI=1S/C21H36N6O/c1-16(2)7-4-5-11-25-21(23-3)26-15-18-8-6-12-24-20(18)27-13-9-17(10-14-27)19(22)28/h6,8,12,16-17H,4-5,7,9-11,13-15H2,1-3H3,(H2,22,28)(H2,23,25,26). The molecule has 1 amide bonds. The van der Waals surface area contributed by atoms with Crippen LogP contribution in [-0.4, -0.2) is 43.5 Å². The zero-order chi connectivity index (χ0) is 20.4. The van der Waals surface area contributed by atoms with Crippen LogP contribution in [0.25, 0.3) is 0 Å². The Morgan fingerprint density at radius 2 is 2.07 bits per heavy atom. The summed E-state index contributed by atoms with van der Waals surface area (Å²) in [5.74, 6) is 2.35. The van der Waals surface area contributed by atoms with Crippen molar-refractivity contribution < 1.29 is 4.79 Å². The minimum atomic E-state index is -0.189. The topological polar surface area (TPSA) is 95.6 Å². The molecule has 1 aromatic heterocycles. The van der Waals surface area contributed by atoms with Gasteiger partial charge in [0.15, 0.2) is 5.96 Å². The van der Waals surface area contributed by atoms with Gasteiger partial charge in [0.25, 0.3) is 0 Å². The summed E-state index contributed by atoms with van der Waals surface area (Å²) in [5, 5.41) is 6.77. The van der Waals surface area contributed by atoms with Crippen LogP contribution in [-0.2, 0) is 11.3 Å². The lowest BCUT2D eigenvalue weighted by Crippen LogP contribution is -2.40. The molecule has 1 aliphatic heterocycles. The number of aliphatic imine (C=N–C) groups is 1. The van der Waals surface area contributed by atoms with E-state index in [1.165, 1.54) is 12.8 Å². The van der Waals surface area contributed by atoms with E-state index in [0.29, 0.717) is 6.54 Å². The molecule has 1 saturated heterocycles. The van der Waals surface area contributed by atoms with Crippen molar-refractivity contribution in [1.29, 1.82) is 0 Å². The molecule has 2 heterocycles. The molecule has 7 heteroatoms. The molecule has 0 unspecified atom stereocenters. The molecule has 4 N–H and O–H groups in total. The minimum Gasteiger partial charge on any atom is -0.369 e. The number of nitrogens with two attached hydrogens (primary N) is 1. The number of pyridine rings is 1. The highest BCUT2D eigenvalue weighted by Crippen LogP contribution is 2.24. The van der Waals surface area contributed by atoms with Crippen molar-refractivity contribution in [3.05, 3.63) is 23.9 Å². The van der Waals surface area contributed by atoms with Gasteiger partial charge in [0.05, 0.1) is 0 Å². The normalized spacial score (nSPS) is 15.7. The van der Waals surface area contributed by atoms with Crippen LogP contribution in [0.15, 0.2) is 23.3 Å². The maximum absolute atomic E-state index is 11.4. The van der Waals surface area contributed by atoms with Gasteiger partial charge in [-0.15, -0.1) is 0 Å². The molecule has 0 radical (unpaired) electrons. The van der Waals surface area contributed by atoms with Gasteiger partial charge < -0.3 is 21.3 Å². The number of carbonyl (C=O) groups excluding carboxylic acids is 1. The van der Waals surface area contributed by atoms with E-state index in [-0.39, 0.29) is 11.8 Å². The lowest BCUT2D eigenvalue weighted by atomic mass is 9.96. The second-order valence-corrected chi connectivity index (χ2v) is 7.89. The summed E-state index contributed by atoms with van der Waals surface area (Å²) in [6.07, 6.45) is 7.04. The molecule has 0 aliphatic carbocycles. The summed E-state index contributed by atoms with van der Waals surface area (Å²) in [5.41, 5.74) is 6.58. The number of hydrogen-bond donors (Lipinski definition) is 3. The van der Waals surface area contributed by atoms with Gasteiger partial charge in [-0.25, -0.2) is 4.98 Å². The number of nitrogens with zero attached hydrogens (tertiary/aromatic N) is 3. The van der Waals surface area contributed by atoms with Crippen LogP contribution in [0, 0.1) is 11.8 Å². The van der Waals surface area contributed by atoms with E-state index < -0.39 is 0 Å². The molecule has 0 atom stereocenters. The van der Waals surface area contributed by atoms with Gasteiger partial charge in [0, 0.05) is 50.9 Å². The van der Waals surface area contributed by atoms with E-state index in [1.807, 2.05) is 12.3 Å². The van der Waals surface area contributed by atoms with Crippen molar-refractivity contribution in [3.63, 3.8) is 0 Å². The number of aromatic nitrogens is 1. The van der Waals surface area contributed by atoms with Crippen LogP contribution in [0.5, 0.6) is 0 Å². The predicted molar refractivity (Wildman–Crippen MR) is 115 cm³/mol. The fourth-order valence-corrected chi connectivity index (χ4v) is 3.51. The van der Waals surface area contributed by atoms with Crippen molar-refractivity contribution in [3.8, 4) is 0 Å². The van der Waals surface area contributed by atoms with E-state index in [2.05, 4.69) is 45.4 Å². The van der Waals surface area contributed by atoms with Crippen LogP contribution in [0.3, 0.4) is 0 Å². The van der Waals surface area contributed by atoms with Crippen LogP contribution >= 0.6 is 0 Å². The van der Waals surface area contributed by atoms with Crippen molar-refractivity contribution in [2.45, 2.75) is 52.5 Å². The molecule has 1 aliphatic rings. The predicted octanol–water partition coefficient (Wildman–Crippen LogP) is 2.27. The smallest absolute Gasteiger partial charge is 0.220 e. The summed E-state index contributed by atoms with van der Waals surface area (Å²) in [6, 6.07) is 4.05. The number of guanidine groups is 1. The van der Waals surface area contributed by atoms with Crippen LogP contribution < -0.4 is 21.3 Å². The molecular formula is C21H36N6O. The molecule has 7 nitrogen and oxygen atoms in total. The Morgan fingerprint density at radius 1 is 1.32 bits per heavy atom. The Hall–Kier alpha value is -2.31. The van der Waals surface area contributed by atoms with Gasteiger partial charge in [-0.2, -0.15) is 0 Å². The number of amides is 1. The van der Waals surface area contributed by atoms with Gasteiger partial charge in [-0.1, -0.05) is 32.8 Å². The van der Waals surface area contributed by atoms with Crippen molar-refractivity contribution in [1.82, 2.24) is 15.6 Å². The number of piperidine rings is 1. The molecule has 0 aromatic carbocycles. The quantitative estimate of drug-likeness (QED) is 0.343. The second kappa shape index (κ2) is 11.5. The Bertz CT molecular complexity index is 638. The summed E-state index contributed by atoms with van der Waals surface area (Å²) >= 11 is 0. The summed E-state index contributed by atoms with van der Waals surface area (Å²) in [4.78, 5) is 22.5. The Labute approximate surface area is 169 Å². The van der Waals surface area contributed by atoms with Crippen LogP contribution in [0.1, 0.15) is 51.5 Å². The highest BCUT2D eigenvalue weighted by Gasteiger charge is 2.24. The number of rotatable bonds is 9. The van der Waals surface area contributed by atoms with Gasteiger partial charge >= 0.3 is 0 Å². The molecule has 1 aromatic rings. The first-order valence-electron chi connectivity index (χ1n) is 10.4. The highest BCUT2D eigenvalue weighted by atomic mass is 16.1. The molecular weight excluding hydrogens is 352 g/mol. The van der Waals surface area contributed by atoms with Crippen molar-refractivity contribution in [2.24, 2.45) is 22.6 Å². The number of nitrogens with one attached hydrogen (secondary N) is 2. The van der Waals surface area contributed by atoms with Crippen molar-refractivity contribution in [2.75, 3.05) is 31.6 Å². The van der Waals surface area contributed by atoms with E-state index in [9.17, 15) is 4.79 Å². The summed E-state index contributed by atoms with van der Waals surface area (Å²) in [6.45, 7) is 7.71. The van der Waals surface area contributed by atoms with E-state index in [0.717, 1.165) is 62.2 Å². The number of carbonyl (C=O) groups is 1. The maximum atomic E-state index is 11.4. The summed E-state index contributed by atoms with van der Waals surface area (Å²) < 4.78 is 0. The van der Waals surface area contributed by atoms with Crippen molar-refractivity contribution >= 4 is 17.7 Å². The Kier molecular flexibility index (Phi) is 9.04. The van der Waals surface area contributed by atoms with Gasteiger partial charge in [-0.05, 0) is 31.2 Å². The zero-order valence-corrected chi connectivity index (χ0v) is 17.6. The average Bonchev–Trinajstić information content (AvgIpc) is 2.70. The van der Waals surface area contributed by atoms with Gasteiger partial charge in [-0.3, -0.25) is 9.79 Å². The molecule has 0 saturated carbocycles. The fraction of sp³-hybridized carbons (Fsp3) is 0.667. The fourth-order valence-electron chi connectivity index (χ4n) is 3.51. The van der Waals surface area contributed by atoms with Crippen LogP contribution in [0.2, 0.25) is 0 Å². The third kappa shape index (κ3) is 7.02. The monoisotopic (exact) mass is 388 g/mol. The molecule has 1 fully saturated rings. The number of primary amides is 1. The Balaban J connectivity index is 1.84. The first kappa shape index (κ1) is 22.0. The first-order valence-corrected chi connectivity index (χ1v) is 10.4. The van der Waals surface area contributed by atoms with E-state index in [4.69, 9.17) is 5.73 Å². The number of anilines is 1. The third-order valence-corrected chi connectivity index (χ3v) is 5.23. The SMILES string of the molecule is CN=C(NCCCCC(C)C)NCc1cccnc1N1CCC(C(N)=O)CC1. The average molecular weight is 389 g/mol. The van der Waals surface area contributed by atoms with Gasteiger partial charge in [0.2, 0.25) is 5.91 Å². The Morgan fingerprint density at radius 3 is 2.71 bits per heavy atom. The molecule has 0 spiro atoms. The highest BCUT2D eigenvalue weighted by molar-refractivity contribution is 5.79. The van der Waals surface area contributed by atoms with E-state index in [1.54, 1.807) is 7.05 Å². The zero-order valence-electron chi connectivity index (χ0n) is 17.6. The minimum absolute atomic E-state index is 0.0136. The number of unbranched alkanes of at least 4 members (excludes halogenated alkanes) is 1. The number of hydrogen-bond acceptors (Lipinski definition) is 4. The summed E-state index contributed by atoms with van der Waals surface area (Å²) in [7, 11) is 1.79. The second-order valence-electron chi connectivity index (χ2n) is 7.89. The lowest BCUT2D eigenvalue weighted by Gasteiger charge is -2.32. The largest absolute Gasteiger partial charge is 0.369 e. The first-order chi connectivity index (χ1) is 13.5. The van der Waals surface area contributed by atoms with Gasteiger partial charge in [0.1, 0.15) is 5.82 Å². The third-order valence-electron chi connectivity index (χ3n) is 5.23. The molecule has 28 heavy (non-hydrogen) atoms. The van der Waals surface area contributed by atoms with E-state index >= 15 is 0 Å².